The molecule has 8 heteroatoms. The van der Waals surface area contributed by atoms with Gasteiger partial charge in [0, 0.05) is 17.5 Å². The van der Waals surface area contributed by atoms with Gasteiger partial charge < -0.3 is 15.4 Å². The Bertz CT molecular complexity index is 871. The molecule has 0 radical (unpaired) electrons. The van der Waals surface area contributed by atoms with E-state index in [-0.39, 0.29) is 5.91 Å². The lowest BCUT2D eigenvalue weighted by atomic mass is 10.3. The third-order valence-corrected chi connectivity index (χ3v) is 5.30. The zero-order valence-electron chi connectivity index (χ0n) is 14.1. The Morgan fingerprint density at radius 3 is 2.64 bits per heavy atom. The van der Waals surface area contributed by atoms with Crippen LogP contribution in [0.5, 0.6) is 5.75 Å². The van der Waals surface area contributed by atoms with Crippen molar-refractivity contribution in [3.05, 3.63) is 35.3 Å². The molecule has 0 atom stereocenters. The normalized spacial score (nSPS) is 10.5. The first-order chi connectivity index (χ1) is 12.1. The van der Waals surface area contributed by atoms with Crippen LogP contribution in [0.2, 0.25) is 0 Å². The van der Waals surface area contributed by atoms with E-state index in [0.29, 0.717) is 11.6 Å². The second-order valence-corrected chi connectivity index (χ2v) is 7.08. The minimum absolute atomic E-state index is 0.0413. The summed E-state index contributed by atoms with van der Waals surface area (Å²) < 4.78 is 5.16. The van der Waals surface area contributed by atoms with Crippen molar-refractivity contribution in [2.75, 3.05) is 17.7 Å². The molecule has 2 heterocycles. The molecular weight excluding hydrogens is 356 g/mol. The third kappa shape index (κ3) is 4.15. The predicted octanol–water partition coefficient (Wildman–Crippen LogP) is 4.68. The van der Waals surface area contributed by atoms with Crippen molar-refractivity contribution < 1.29 is 9.53 Å². The summed E-state index contributed by atoms with van der Waals surface area (Å²) in [6.07, 6.45) is 0.431. The number of amides is 1. The average molecular weight is 374 g/mol. The zero-order valence-corrected chi connectivity index (χ0v) is 15.8. The zero-order chi connectivity index (χ0) is 17.8. The van der Waals surface area contributed by atoms with Gasteiger partial charge in [0.1, 0.15) is 5.75 Å². The maximum atomic E-state index is 11.5. The smallest absolute Gasteiger partial charge is 0.225 e. The lowest BCUT2D eigenvalue weighted by Gasteiger charge is -2.03. The Balaban J connectivity index is 1.75. The Morgan fingerprint density at radius 2 is 1.96 bits per heavy atom. The van der Waals surface area contributed by atoms with E-state index in [1.54, 1.807) is 7.11 Å². The van der Waals surface area contributed by atoms with E-state index in [1.807, 2.05) is 43.5 Å². The second kappa shape index (κ2) is 7.62. The van der Waals surface area contributed by atoms with Crippen LogP contribution in [0.15, 0.2) is 29.6 Å². The maximum Gasteiger partial charge on any atom is 0.225 e. The summed E-state index contributed by atoms with van der Waals surface area (Å²) in [4.78, 5) is 21.5. The highest BCUT2D eigenvalue weighted by Crippen LogP contribution is 2.35. The Morgan fingerprint density at radius 1 is 1.20 bits per heavy atom. The molecule has 0 unspecified atom stereocenters. The molecule has 0 bridgehead atoms. The first-order valence-electron chi connectivity index (χ1n) is 7.73. The van der Waals surface area contributed by atoms with Crippen molar-refractivity contribution in [3.8, 4) is 16.3 Å². The van der Waals surface area contributed by atoms with Gasteiger partial charge in [-0.2, -0.15) is 0 Å². The number of anilines is 3. The molecule has 1 aromatic carbocycles. The van der Waals surface area contributed by atoms with Crippen LogP contribution in [0.25, 0.3) is 10.6 Å². The van der Waals surface area contributed by atoms with Gasteiger partial charge >= 0.3 is 0 Å². The summed E-state index contributed by atoms with van der Waals surface area (Å²) in [5, 5.41) is 9.47. The molecule has 1 amide bonds. The van der Waals surface area contributed by atoms with E-state index in [1.165, 1.54) is 22.7 Å². The minimum atomic E-state index is -0.0413. The van der Waals surface area contributed by atoms with Gasteiger partial charge in [-0.25, -0.2) is 9.97 Å². The van der Waals surface area contributed by atoms with Crippen molar-refractivity contribution in [1.29, 1.82) is 0 Å². The molecule has 130 valence electrons. The van der Waals surface area contributed by atoms with E-state index in [4.69, 9.17) is 4.74 Å². The molecule has 0 aliphatic carbocycles. The minimum Gasteiger partial charge on any atom is -0.497 e. The quantitative estimate of drug-likeness (QED) is 0.655. The molecule has 3 aromatic rings. The molecular formula is C17H18N4O2S2. The van der Waals surface area contributed by atoms with Gasteiger partial charge in [-0.05, 0) is 31.2 Å². The number of hydrogen-bond acceptors (Lipinski definition) is 7. The number of carbonyl (C=O) groups excluding carboxylic acids is 1. The number of nitrogens with zero attached hydrogens (tertiary/aromatic N) is 2. The summed E-state index contributed by atoms with van der Waals surface area (Å²) >= 11 is 2.96. The van der Waals surface area contributed by atoms with E-state index >= 15 is 0 Å². The SMILES string of the molecule is CCC(=O)Nc1nc(C)c(-c2csc(Nc3ccc(OC)cc3)n2)s1. The standard InChI is InChI=1S/C17H18N4O2S2/c1-4-14(22)21-17-18-10(2)15(25-17)13-9-24-16(20-13)19-11-5-7-12(23-3)8-6-11/h5-9H,4H2,1-3H3,(H,19,20)(H,18,21,22). The second-order valence-electron chi connectivity index (χ2n) is 5.23. The molecule has 0 aliphatic rings. The highest BCUT2D eigenvalue weighted by molar-refractivity contribution is 7.20. The number of methoxy groups -OCH3 is 1. The van der Waals surface area contributed by atoms with Crippen LogP contribution in [-0.4, -0.2) is 23.0 Å². The van der Waals surface area contributed by atoms with Gasteiger partial charge in [-0.1, -0.05) is 18.3 Å². The molecule has 6 nitrogen and oxygen atoms in total. The van der Waals surface area contributed by atoms with E-state index in [9.17, 15) is 4.79 Å². The maximum absolute atomic E-state index is 11.5. The third-order valence-electron chi connectivity index (χ3n) is 3.44. The van der Waals surface area contributed by atoms with Crippen LogP contribution in [0.1, 0.15) is 19.0 Å². The number of carbonyl (C=O) groups is 1. The van der Waals surface area contributed by atoms with Gasteiger partial charge in [-0.15, -0.1) is 11.3 Å². The first kappa shape index (κ1) is 17.4. The molecule has 0 spiro atoms. The molecule has 2 N–H and O–H groups in total. The molecule has 3 rings (SSSR count). The number of aromatic nitrogens is 2. The Kier molecular flexibility index (Phi) is 5.30. The number of thiazole rings is 2. The summed E-state index contributed by atoms with van der Waals surface area (Å²) in [6.45, 7) is 3.73. The fraction of sp³-hybridized carbons (Fsp3) is 0.235. The van der Waals surface area contributed by atoms with Gasteiger partial charge in [0.2, 0.25) is 5.91 Å². The molecule has 0 aliphatic heterocycles. The molecule has 0 saturated carbocycles. The Hall–Kier alpha value is -2.45. The highest BCUT2D eigenvalue weighted by Gasteiger charge is 2.14. The van der Waals surface area contributed by atoms with Crippen molar-refractivity contribution in [2.24, 2.45) is 0 Å². The van der Waals surface area contributed by atoms with Crippen LogP contribution in [0.3, 0.4) is 0 Å². The van der Waals surface area contributed by atoms with Crippen molar-refractivity contribution in [3.63, 3.8) is 0 Å². The van der Waals surface area contributed by atoms with Crippen LogP contribution in [-0.2, 0) is 4.79 Å². The fourth-order valence-corrected chi connectivity index (χ4v) is 3.87. The van der Waals surface area contributed by atoms with E-state index in [0.717, 1.165) is 32.8 Å². The number of ether oxygens (including phenoxy) is 1. The predicted molar refractivity (Wildman–Crippen MR) is 103 cm³/mol. The van der Waals surface area contributed by atoms with Crippen LogP contribution in [0.4, 0.5) is 16.0 Å². The first-order valence-corrected chi connectivity index (χ1v) is 9.43. The number of benzene rings is 1. The number of hydrogen-bond donors (Lipinski definition) is 2. The van der Waals surface area contributed by atoms with E-state index < -0.39 is 0 Å². The number of nitrogens with one attached hydrogen (secondary N) is 2. The van der Waals surface area contributed by atoms with Crippen LogP contribution in [0, 0.1) is 6.92 Å². The fourth-order valence-electron chi connectivity index (χ4n) is 2.13. The highest BCUT2D eigenvalue weighted by atomic mass is 32.1. The molecule has 0 fully saturated rings. The van der Waals surface area contributed by atoms with Gasteiger partial charge in [0.15, 0.2) is 10.3 Å². The number of aryl methyl sites for hydroxylation is 1. The molecule has 2 aromatic heterocycles. The van der Waals surface area contributed by atoms with Crippen molar-refractivity contribution in [1.82, 2.24) is 9.97 Å². The monoisotopic (exact) mass is 374 g/mol. The van der Waals surface area contributed by atoms with Crippen molar-refractivity contribution >= 4 is 44.5 Å². The summed E-state index contributed by atoms with van der Waals surface area (Å²) in [6, 6.07) is 7.67. The Labute approximate surface area is 153 Å². The molecule has 0 saturated heterocycles. The van der Waals surface area contributed by atoms with Gasteiger partial charge in [-0.3, -0.25) is 4.79 Å². The summed E-state index contributed by atoms with van der Waals surface area (Å²) in [5.74, 6) is 0.771. The van der Waals surface area contributed by atoms with E-state index in [2.05, 4.69) is 20.6 Å². The number of rotatable bonds is 6. The lowest BCUT2D eigenvalue weighted by molar-refractivity contribution is -0.115. The molecule has 25 heavy (non-hydrogen) atoms. The summed E-state index contributed by atoms with van der Waals surface area (Å²) in [7, 11) is 1.64. The average Bonchev–Trinajstić information content (AvgIpc) is 3.21. The van der Waals surface area contributed by atoms with Gasteiger partial charge in [0.25, 0.3) is 0 Å². The van der Waals surface area contributed by atoms with Gasteiger partial charge in [0.05, 0.1) is 23.4 Å². The lowest BCUT2D eigenvalue weighted by Crippen LogP contribution is -2.08. The van der Waals surface area contributed by atoms with Crippen LogP contribution < -0.4 is 15.4 Å². The largest absolute Gasteiger partial charge is 0.497 e. The topological polar surface area (TPSA) is 76.1 Å². The van der Waals surface area contributed by atoms with Crippen LogP contribution >= 0.6 is 22.7 Å². The summed E-state index contributed by atoms with van der Waals surface area (Å²) in [5.41, 5.74) is 2.66. The van der Waals surface area contributed by atoms with Crippen molar-refractivity contribution in [2.45, 2.75) is 20.3 Å².